The quantitative estimate of drug-likeness (QED) is 0.566. The number of halogens is 1. The molecule has 4 aromatic rings. The number of nitrogen functional groups attached to an aromatic ring is 1. The van der Waals surface area contributed by atoms with Crippen molar-refractivity contribution >= 4 is 11.5 Å². The van der Waals surface area contributed by atoms with Gasteiger partial charge in [-0.3, -0.25) is 4.40 Å². The Balaban J connectivity index is 1.60. The van der Waals surface area contributed by atoms with Crippen molar-refractivity contribution < 1.29 is 9.13 Å². The number of aromatic nitrogens is 3. The minimum atomic E-state index is -0.334. The number of aryl methyl sites for hydroxylation is 1. The first-order valence-corrected chi connectivity index (χ1v) is 8.17. The van der Waals surface area contributed by atoms with E-state index in [0.717, 1.165) is 16.7 Å². The summed E-state index contributed by atoms with van der Waals surface area (Å²) in [7, 11) is 0. The van der Waals surface area contributed by atoms with Gasteiger partial charge in [-0.25, -0.2) is 14.4 Å². The maximum Gasteiger partial charge on any atom is 0.234 e. The zero-order valence-corrected chi connectivity index (χ0v) is 14.2. The minimum absolute atomic E-state index is 0.231. The zero-order valence-electron chi connectivity index (χ0n) is 14.2. The van der Waals surface area contributed by atoms with E-state index in [1.165, 1.54) is 12.1 Å². The van der Waals surface area contributed by atoms with Crippen molar-refractivity contribution in [3.05, 3.63) is 78.1 Å². The van der Waals surface area contributed by atoms with Crippen LogP contribution in [0.4, 0.5) is 10.1 Å². The molecule has 0 aliphatic rings. The average molecular weight is 348 g/mol. The number of anilines is 1. The lowest BCUT2D eigenvalue weighted by Crippen LogP contribution is -1.95. The number of hydrogen-bond donors (Lipinski definition) is 1. The number of fused-ring (bicyclic) bond motifs is 1. The van der Waals surface area contributed by atoms with Gasteiger partial charge >= 0.3 is 0 Å². The molecule has 2 aromatic carbocycles. The highest BCUT2D eigenvalue weighted by Crippen LogP contribution is 2.26. The van der Waals surface area contributed by atoms with Crippen LogP contribution in [0.15, 0.2) is 61.1 Å². The van der Waals surface area contributed by atoms with E-state index in [1.807, 2.05) is 41.9 Å². The van der Waals surface area contributed by atoms with Crippen LogP contribution in [-0.4, -0.2) is 14.4 Å². The lowest BCUT2D eigenvalue weighted by Gasteiger charge is -2.07. The molecule has 6 heteroatoms. The fourth-order valence-electron chi connectivity index (χ4n) is 2.78. The van der Waals surface area contributed by atoms with Crippen LogP contribution in [0.3, 0.4) is 0 Å². The van der Waals surface area contributed by atoms with Gasteiger partial charge in [0.1, 0.15) is 18.2 Å². The Bertz CT molecular complexity index is 1090. The standard InChI is InChI=1S/C20H17FN4O/c1-13-5-6-19(22)18(7-13)14-9-23-20-24-16(11-25(20)10-14)12-26-17-4-2-3-15(21)8-17/h2-11H,12,22H2,1H3. The molecule has 0 amide bonds. The summed E-state index contributed by atoms with van der Waals surface area (Å²) in [6, 6.07) is 11.9. The topological polar surface area (TPSA) is 65.4 Å². The largest absolute Gasteiger partial charge is 0.487 e. The van der Waals surface area contributed by atoms with Crippen LogP contribution < -0.4 is 10.5 Å². The molecule has 2 aromatic heterocycles. The number of benzene rings is 2. The third-order valence-corrected chi connectivity index (χ3v) is 4.06. The van der Waals surface area contributed by atoms with Gasteiger partial charge in [-0.1, -0.05) is 17.7 Å². The third kappa shape index (κ3) is 3.21. The van der Waals surface area contributed by atoms with Gasteiger partial charge in [0.2, 0.25) is 5.78 Å². The Kier molecular flexibility index (Phi) is 4.01. The maximum absolute atomic E-state index is 13.2. The second-order valence-electron chi connectivity index (χ2n) is 6.12. The first kappa shape index (κ1) is 16.1. The molecule has 0 bridgehead atoms. The molecule has 2 N–H and O–H groups in total. The van der Waals surface area contributed by atoms with E-state index in [1.54, 1.807) is 18.3 Å². The number of hydrogen-bond acceptors (Lipinski definition) is 4. The van der Waals surface area contributed by atoms with Crippen molar-refractivity contribution in [1.82, 2.24) is 14.4 Å². The summed E-state index contributed by atoms with van der Waals surface area (Å²) < 4.78 is 20.6. The van der Waals surface area contributed by atoms with Crippen LogP contribution >= 0.6 is 0 Å². The minimum Gasteiger partial charge on any atom is -0.487 e. The lowest BCUT2D eigenvalue weighted by molar-refractivity contribution is 0.300. The highest BCUT2D eigenvalue weighted by molar-refractivity contribution is 5.76. The van der Waals surface area contributed by atoms with Crippen molar-refractivity contribution in [2.45, 2.75) is 13.5 Å². The van der Waals surface area contributed by atoms with E-state index in [4.69, 9.17) is 10.5 Å². The normalized spacial score (nSPS) is 11.0. The molecule has 0 saturated heterocycles. The molecule has 0 aliphatic carbocycles. The van der Waals surface area contributed by atoms with Crippen molar-refractivity contribution in [3.8, 4) is 16.9 Å². The zero-order chi connectivity index (χ0) is 18.1. The number of rotatable bonds is 4. The van der Waals surface area contributed by atoms with Crippen molar-refractivity contribution in [2.75, 3.05) is 5.73 Å². The lowest BCUT2D eigenvalue weighted by atomic mass is 10.0. The fourth-order valence-corrected chi connectivity index (χ4v) is 2.78. The summed E-state index contributed by atoms with van der Waals surface area (Å²) in [5.74, 6) is 0.695. The summed E-state index contributed by atoms with van der Waals surface area (Å²) in [5, 5.41) is 0. The first-order valence-electron chi connectivity index (χ1n) is 8.17. The van der Waals surface area contributed by atoms with Gasteiger partial charge in [0.15, 0.2) is 0 Å². The van der Waals surface area contributed by atoms with Crippen LogP contribution in [0, 0.1) is 12.7 Å². The predicted molar refractivity (Wildman–Crippen MR) is 98.3 cm³/mol. The maximum atomic E-state index is 13.2. The van der Waals surface area contributed by atoms with Gasteiger partial charge in [0.25, 0.3) is 0 Å². The van der Waals surface area contributed by atoms with Gasteiger partial charge in [-0.05, 0) is 31.2 Å². The van der Waals surface area contributed by atoms with Crippen LogP contribution in [0.25, 0.3) is 16.9 Å². The van der Waals surface area contributed by atoms with Crippen molar-refractivity contribution in [1.29, 1.82) is 0 Å². The Morgan fingerprint density at radius 2 is 2.04 bits per heavy atom. The van der Waals surface area contributed by atoms with E-state index in [9.17, 15) is 4.39 Å². The van der Waals surface area contributed by atoms with Crippen LogP contribution in [0.5, 0.6) is 5.75 Å². The van der Waals surface area contributed by atoms with Gasteiger partial charge in [0, 0.05) is 41.5 Å². The smallest absolute Gasteiger partial charge is 0.234 e. The number of nitrogens with zero attached hydrogens (tertiary/aromatic N) is 3. The van der Waals surface area contributed by atoms with Crippen LogP contribution in [-0.2, 0) is 6.61 Å². The average Bonchev–Trinajstić information content (AvgIpc) is 3.04. The Morgan fingerprint density at radius 1 is 1.15 bits per heavy atom. The highest BCUT2D eigenvalue weighted by Gasteiger charge is 2.08. The monoisotopic (exact) mass is 348 g/mol. The van der Waals surface area contributed by atoms with Gasteiger partial charge in [-0.2, -0.15) is 0 Å². The van der Waals surface area contributed by atoms with Gasteiger partial charge in [0.05, 0.1) is 5.69 Å². The highest BCUT2D eigenvalue weighted by atomic mass is 19.1. The molecule has 5 nitrogen and oxygen atoms in total. The Morgan fingerprint density at radius 3 is 2.88 bits per heavy atom. The van der Waals surface area contributed by atoms with E-state index >= 15 is 0 Å². The molecule has 0 aliphatic heterocycles. The summed E-state index contributed by atoms with van der Waals surface area (Å²) in [5.41, 5.74) is 10.5. The summed E-state index contributed by atoms with van der Waals surface area (Å²) in [4.78, 5) is 8.83. The second kappa shape index (κ2) is 6.48. The SMILES string of the molecule is Cc1ccc(N)c(-c2cnc3nc(COc4cccc(F)c4)cn3c2)c1. The van der Waals surface area contributed by atoms with Gasteiger partial charge < -0.3 is 10.5 Å². The molecule has 0 spiro atoms. The van der Waals surface area contributed by atoms with E-state index in [2.05, 4.69) is 9.97 Å². The second-order valence-corrected chi connectivity index (χ2v) is 6.12. The van der Waals surface area contributed by atoms with Crippen LogP contribution in [0.1, 0.15) is 11.3 Å². The molecule has 0 radical (unpaired) electrons. The van der Waals surface area contributed by atoms with E-state index in [0.29, 0.717) is 22.9 Å². The van der Waals surface area contributed by atoms with E-state index in [-0.39, 0.29) is 12.4 Å². The predicted octanol–water partition coefficient (Wildman–Crippen LogP) is 4.01. The number of ether oxygens (including phenoxy) is 1. The first-order chi connectivity index (χ1) is 12.6. The van der Waals surface area contributed by atoms with Crippen LogP contribution in [0.2, 0.25) is 0 Å². The molecule has 2 heterocycles. The molecule has 0 saturated carbocycles. The Labute approximate surface area is 149 Å². The molecule has 4 rings (SSSR count). The third-order valence-electron chi connectivity index (χ3n) is 4.06. The molecular formula is C20H17FN4O. The molecular weight excluding hydrogens is 331 g/mol. The molecule has 0 unspecified atom stereocenters. The molecule has 26 heavy (non-hydrogen) atoms. The summed E-state index contributed by atoms with van der Waals surface area (Å²) in [6.07, 6.45) is 5.54. The molecule has 0 fully saturated rings. The Hall–Kier alpha value is -3.41. The van der Waals surface area contributed by atoms with Gasteiger partial charge in [-0.15, -0.1) is 0 Å². The fraction of sp³-hybridized carbons (Fsp3) is 0.100. The van der Waals surface area contributed by atoms with E-state index < -0.39 is 0 Å². The number of nitrogens with two attached hydrogens (primary N) is 1. The molecule has 130 valence electrons. The summed E-state index contributed by atoms with van der Waals surface area (Å²) in [6.45, 7) is 2.25. The van der Waals surface area contributed by atoms with Crippen molar-refractivity contribution in [2.24, 2.45) is 0 Å². The summed E-state index contributed by atoms with van der Waals surface area (Å²) >= 11 is 0. The number of imidazole rings is 1. The van der Waals surface area contributed by atoms with Crippen molar-refractivity contribution in [3.63, 3.8) is 0 Å². The molecule has 0 atom stereocenters.